The fourth-order valence-corrected chi connectivity index (χ4v) is 4.58. The molecule has 2 aromatic rings. The number of allylic oxidation sites excluding steroid dienone is 7. The maximum atomic E-state index is 12.8. The third kappa shape index (κ3) is 4.85. The van der Waals surface area contributed by atoms with Crippen molar-refractivity contribution in [2.45, 2.75) is 19.3 Å². The number of amides is 1. The quantitative estimate of drug-likeness (QED) is 0.388. The zero-order valence-corrected chi connectivity index (χ0v) is 21.8. The van der Waals surface area contributed by atoms with E-state index in [0.29, 0.717) is 29.6 Å². The molecule has 194 valence electrons. The van der Waals surface area contributed by atoms with Gasteiger partial charge in [-0.3, -0.25) is 4.79 Å². The molecule has 0 unspecified atom stereocenters. The maximum Gasteiger partial charge on any atom is 0.287 e. The van der Waals surface area contributed by atoms with Crippen LogP contribution in [0.1, 0.15) is 23.8 Å². The molecule has 4 rings (SSSR count). The Hall–Kier alpha value is -4.01. The van der Waals surface area contributed by atoms with Crippen molar-refractivity contribution in [3.8, 4) is 5.75 Å². The summed E-state index contributed by atoms with van der Waals surface area (Å²) in [6, 6.07) is 9.43. The first-order chi connectivity index (χ1) is 17.9. The van der Waals surface area contributed by atoms with Crippen LogP contribution in [-0.4, -0.2) is 47.2 Å². The number of methoxy groups -OCH3 is 5. The second-order valence-corrected chi connectivity index (χ2v) is 8.40. The Morgan fingerprint density at radius 1 is 0.973 bits per heavy atom. The number of carbonyl (C=O) groups is 1. The molecule has 8 nitrogen and oxygen atoms in total. The SMILES string of the molecule is COC1=CC(=CC2=C(C)/C(=C/C(=O)NCc3ccco3)c3cc(OC)ccc32)C=C(OC)C1(OC)OC. The Morgan fingerprint density at radius 3 is 2.24 bits per heavy atom. The van der Waals surface area contributed by atoms with Gasteiger partial charge >= 0.3 is 0 Å². The molecule has 0 saturated carbocycles. The maximum absolute atomic E-state index is 12.8. The molecule has 1 heterocycles. The zero-order chi connectivity index (χ0) is 26.6. The third-order valence-electron chi connectivity index (χ3n) is 6.48. The van der Waals surface area contributed by atoms with E-state index in [2.05, 4.69) is 5.32 Å². The van der Waals surface area contributed by atoms with Crippen LogP contribution in [0.2, 0.25) is 0 Å². The molecule has 1 N–H and O–H groups in total. The molecule has 37 heavy (non-hydrogen) atoms. The molecule has 2 aliphatic rings. The monoisotopic (exact) mass is 505 g/mol. The minimum absolute atomic E-state index is 0.223. The van der Waals surface area contributed by atoms with Crippen LogP contribution in [0.4, 0.5) is 0 Å². The molecule has 2 aliphatic carbocycles. The van der Waals surface area contributed by atoms with E-state index in [-0.39, 0.29) is 5.91 Å². The van der Waals surface area contributed by atoms with Crippen molar-refractivity contribution in [1.82, 2.24) is 5.32 Å². The predicted molar refractivity (Wildman–Crippen MR) is 139 cm³/mol. The molecule has 1 aromatic carbocycles. The van der Waals surface area contributed by atoms with Crippen LogP contribution in [0.15, 0.2) is 88.0 Å². The van der Waals surface area contributed by atoms with Gasteiger partial charge in [0, 0.05) is 20.3 Å². The molecule has 0 bridgehead atoms. The average Bonchev–Trinajstić information content (AvgIpc) is 3.54. The molecule has 0 fully saturated rings. The van der Waals surface area contributed by atoms with Crippen LogP contribution in [0.5, 0.6) is 5.75 Å². The van der Waals surface area contributed by atoms with Crippen LogP contribution in [0, 0.1) is 0 Å². The predicted octanol–water partition coefficient (Wildman–Crippen LogP) is 4.76. The number of carbonyl (C=O) groups excluding carboxylic acids is 1. The molecule has 0 atom stereocenters. The second kappa shape index (κ2) is 10.9. The van der Waals surface area contributed by atoms with Crippen molar-refractivity contribution >= 4 is 17.1 Å². The van der Waals surface area contributed by atoms with Crippen molar-refractivity contribution in [2.24, 2.45) is 0 Å². The number of ether oxygens (including phenoxy) is 5. The lowest BCUT2D eigenvalue weighted by atomic mass is 9.96. The smallest absolute Gasteiger partial charge is 0.287 e. The third-order valence-corrected chi connectivity index (χ3v) is 6.48. The molecule has 0 aliphatic heterocycles. The number of benzene rings is 1. The highest BCUT2D eigenvalue weighted by atomic mass is 16.7. The summed E-state index contributed by atoms with van der Waals surface area (Å²) in [7, 11) is 7.78. The van der Waals surface area contributed by atoms with Gasteiger partial charge in [0.25, 0.3) is 5.79 Å². The van der Waals surface area contributed by atoms with E-state index >= 15 is 0 Å². The van der Waals surface area contributed by atoms with Gasteiger partial charge in [-0.15, -0.1) is 0 Å². The topological polar surface area (TPSA) is 88.4 Å². The van der Waals surface area contributed by atoms with E-state index in [0.717, 1.165) is 33.4 Å². The van der Waals surface area contributed by atoms with E-state index in [1.54, 1.807) is 39.7 Å². The van der Waals surface area contributed by atoms with Crippen molar-refractivity contribution < 1.29 is 32.9 Å². The lowest BCUT2D eigenvalue weighted by Gasteiger charge is -2.35. The van der Waals surface area contributed by atoms with Gasteiger partial charge in [-0.2, -0.15) is 0 Å². The highest BCUT2D eigenvalue weighted by molar-refractivity contribution is 6.09. The molecule has 0 radical (unpaired) electrons. The first-order valence-electron chi connectivity index (χ1n) is 11.7. The fourth-order valence-electron chi connectivity index (χ4n) is 4.58. The lowest BCUT2D eigenvalue weighted by Crippen LogP contribution is -2.41. The van der Waals surface area contributed by atoms with Gasteiger partial charge in [0.1, 0.15) is 11.5 Å². The number of nitrogens with one attached hydrogen (secondary N) is 1. The summed E-state index contributed by atoms with van der Waals surface area (Å²) in [6.07, 6.45) is 8.90. The Bertz CT molecular complexity index is 1300. The first-order valence-corrected chi connectivity index (χ1v) is 11.7. The highest BCUT2D eigenvalue weighted by Gasteiger charge is 2.44. The largest absolute Gasteiger partial charge is 0.497 e. The summed E-state index contributed by atoms with van der Waals surface area (Å²) in [4.78, 5) is 12.8. The minimum atomic E-state index is -1.28. The van der Waals surface area contributed by atoms with Crippen molar-refractivity contribution in [3.63, 3.8) is 0 Å². The summed E-state index contributed by atoms with van der Waals surface area (Å²) in [6.45, 7) is 2.29. The number of hydrogen-bond donors (Lipinski definition) is 1. The van der Waals surface area contributed by atoms with Crippen molar-refractivity contribution in [1.29, 1.82) is 0 Å². The van der Waals surface area contributed by atoms with Gasteiger partial charge < -0.3 is 33.4 Å². The normalized spacial score (nSPS) is 17.2. The summed E-state index contributed by atoms with van der Waals surface area (Å²) in [5.74, 6) is 0.777. The summed E-state index contributed by atoms with van der Waals surface area (Å²) < 4.78 is 33.3. The lowest BCUT2D eigenvalue weighted by molar-refractivity contribution is -0.195. The van der Waals surface area contributed by atoms with Crippen molar-refractivity contribution in [2.75, 3.05) is 35.5 Å². The van der Waals surface area contributed by atoms with Gasteiger partial charge in [-0.25, -0.2) is 0 Å². The standard InChI is InChI=1S/C29H31NO7/c1-18-23(12-19-13-26(33-3)29(35-5,36-6)27(14-19)34-4)22-10-9-20(32-2)15-25(22)24(18)16-28(31)30-17-21-8-7-11-37-21/h7-16H,17H2,1-6H3,(H,30,31)/b24-16-. The Balaban J connectivity index is 1.77. The average molecular weight is 506 g/mol. The zero-order valence-electron chi connectivity index (χ0n) is 21.8. The molecule has 8 heteroatoms. The number of hydrogen-bond acceptors (Lipinski definition) is 7. The number of rotatable bonds is 9. The van der Waals surface area contributed by atoms with Crippen LogP contribution in [0.3, 0.4) is 0 Å². The Kier molecular flexibility index (Phi) is 7.71. The Labute approximate surface area is 216 Å². The van der Waals surface area contributed by atoms with E-state index in [1.165, 1.54) is 14.2 Å². The van der Waals surface area contributed by atoms with Crippen LogP contribution >= 0.6 is 0 Å². The van der Waals surface area contributed by atoms with E-state index in [1.807, 2.05) is 49.4 Å². The molecular formula is C29H31NO7. The summed E-state index contributed by atoms with van der Waals surface area (Å²) in [5.41, 5.74) is 5.41. The van der Waals surface area contributed by atoms with E-state index < -0.39 is 5.79 Å². The summed E-state index contributed by atoms with van der Waals surface area (Å²) in [5, 5.41) is 2.88. The fraction of sp³-hybridized carbons (Fsp3) is 0.276. The number of fused-ring (bicyclic) bond motifs is 1. The van der Waals surface area contributed by atoms with E-state index in [9.17, 15) is 4.79 Å². The molecule has 1 amide bonds. The van der Waals surface area contributed by atoms with Crippen LogP contribution in [0.25, 0.3) is 11.1 Å². The first kappa shape index (κ1) is 26.1. The molecular weight excluding hydrogens is 474 g/mol. The number of furan rings is 1. The molecule has 1 aromatic heterocycles. The van der Waals surface area contributed by atoms with Crippen LogP contribution in [-0.2, 0) is 30.3 Å². The van der Waals surface area contributed by atoms with Crippen LogP contribution < -0.4 is 10.1 Å². The minimum Gasteiger partial charge on any atom is -0.497 e. The molecule has 0 spiro atoms. The highest BCUT2D eigenvalue weighted by Crippen LogP contribution is 2.45. The van der Waals surface area contributed by atoms with Gasteiger partial charge in [-0.05, 0) is 82.8 Å². The second-order valence-electron chi connectivity index (χ2n) is 8.40. The van der Waals surface area contributed by atoms with Crippen molar-refractivity contribution in [3.05, 3.63) is 100 Å². The van der Waals surface area contributed by atoms with Gasteiger partial charge in [-0.1, -0.05) is 6.07 Å². The van der Waals surface area contributed by atoms with Gasteiger partial charge in [0.2, 0.25) is 5.91 Å². The summed E-state index contributed by atoms with van der Waals surface area (Å²) >= 11 is 0. The van der Waals surface area contributed by atoms with Gasteiger partial charge in [0.05, 0.1) is 34.1 Å². The Morgan fingerprint density at radius 2 is 1.68 bits per heavy atom. The van der Waals surface area contributed by atoms with Gasteiger partial charge in [0.15, 0.2) is 11.5 Å². The molecule has 0 saturated heterocycles. The van der Waals surface area contributed by atoms with E-state index in [4.69, 9.17) is 28.1 Å².